The molecule has 1 rings (SSSR count). The highest BCUT2D eigenvalue weighted by Gasteiger charge is 2.04. The smallest absolute Gasteiger partial charge is 0.338 e. The maximum absolute atomic E-state index is 11.5. The number of hydrogen-bond donors (Lipinski definition) is 0. The van der Waals surface area contributed by atoms with Crippen LogP contribution in [0.1, 0.15) is 83.5 Å². The van der Waals surface area contributed by atoms with Crippen LogP contribution in [0.15, 0.2) is 53.6 Å². The van der Waals surface area contributed by atoms with Gasteiger partial charge in [-0.15, -0.1) is 0 Å². The zero-order valence-corrected chi connectivity index (χ0v) is 18.8. The van der Waals surface area contributed by atoms with E-state index >= 15 is 0 Å². The molecule has 0 fully saturated rings. The highest BCUT2D eigenvalue weighted by molar-refractivity contribution is 5.89. The Labute approximate surface area is 177 Å². The van der Waals surface area contributed by atoms with Crippen molar-refractivity contribution < 1.29 is 19.1 Å². The summed E-state index contributed by atoms with van der Waals surface area (Å²) in [5.41, 5.74) is 3.24. The van der Waals surface area contributed by atoms with E-state index in [9.17, 15) is 9.59 Å². The summed E-state index contributed by atoms with van der Waals surface area (Å²) >= 11 is 0. The molecule has 4 nitrogen and oxygen atoms in total. The van der Waals surface area contributed by atoms with Gasteiger partial charge in [-0.25, -0.2) is 4.79 Å². The van der Waals surface area contributed by atoms with Crippen molar-refractivity contribution in [3.05, 3.63) is 59.2 Å². The van der Waals surface area contributed by atoms with Gasteiger partial charge in [-0.3, -0.25) is 4.79 Å². The summed E-state index contributed by atoms with van der Waals surface area (Å²) in [5.74, 6) is -0.439. The molecule has 162 valence electrons. The number of esters is 2. The number of hydrogen-bond acceptors (Lipinski definition) is 4. The van der Waals surface area contributed by atoms with Crippen LogP contribution in [-0.4, -0.2) is 25.2 Å². The van der Waals surface area contributed by atoms with Crippen LogP contribution in [0.5, 0.6) is 0 Å². The average molecular weight is 403 g/mol. The van der Waals surface area contributed by atoms with Crippen LogP contribution in [-0.2, 0) is 14.3 Å². The number of allylic oxidation sites excluding steroid dienone is 3. The van der Waals surface area contributed by atoms with Crippen molar-refractivity contribution in [3.63, 3.8) is 0 Å². The van der Waals surface area contributed by atoms with Crippen LogP contribution in [0.2, 0.25) is 0 Å². The molecule has 0 bridgehead atoms. The molecule has 0 N–H and O–H groups in total. The topological polar surface area (TPSA) is 52.6 Å². The van der Waals surface area contributed by atoms with Crippen LogP contribution in [0, 0.1) is 0 Å². The van der Waals surface area contributed by atoms with Gasteiger partial charge in [-0.2, -0.15) is 0 Å². The van der Waals surface area contributed by atoms with Gasteiger partial charge in [0.1, 0.15) is 6.61 Å². The standard InChI is InChI=1S/C13H18O2.C12H20O2/c1-2-3-4-8-11-15-13(14)12-9-6-5-7-10-12;1-10(2)6-5-7-11(3)8-9-14-12(4)13/h5-7,9-10H,2-4,8,11H2,1H3;6,8H,5,7,9H2,1-4H3/b;11-8+. The molecule has 0 radical (unpaired) electrons. The number of ether oxygens (including phenoxy) is 2. The quantitative estimate of drug-likeness (QED) is 0.236. The Morgan fingerprint density at radius 2 is 1.59 bits per heavy atom. The van der Waals surface area contributed by atoms with Gasteiger partial charge >= 0.3 is 11.9 Å². The van der Waals surface area contributed by atoms with E-state index in [0.717, 1.165) is 25.7 Å². The van der Waals surface area contributed by atoms with Crippen molar-refractivity contribution in [2.75, 3.05) is 13.2 Å². The molecule has 4 heteroatoms. The largest absolute Gasteiger partial charge is 0.462 e. The van der Waals surface area contributed by atoms with E-state index in [4.69, 9.17) is 9.47 Å². The van der Waals surface area contributed by atoms with Crippen molar-refractivity contribution in [3.8, 4) is 0 Å². The summed E-state index contributed by atoms with van der Waals surface area (Å²) in [6, 6.07) is 9.11. The van der Waals surface area contributed by atoms with Crippen LogP contribution in [0.4, 0.5) is 0 Å². The minimum Gasteiger partial charge on any atom is -0.462 e. The number of carbonyl (C=O) groups excluding carboxylic acids is 2. The minimum atomic E-state index is -0.224. The van der Waals surface area contributed by atoms with E-state index in [0.29, 0.717) is 18.8 Å². The van der Waals surface area contributed by atoms with Gasteiger partial charge in [-0.1, -0.05) is 61.6 Å². The predicted octanol–water partition coefficient (Wildman–Crippen LogP) is 6.67. The summed E-state index contributed by atoms with van der Waals surface area (Å²) in [7, 11) is 0. The molecule has 0 spiro atoms. The molecule has 29 heavy (non-hydrogen) atoms. The van der Waals surface area contributed by atoms with Gasteiger partial charge in [-0.05, 0) is 58.2 Å². The molecule has 0 heterocycles. The summed E-state index contributed by atoms with van der Waals surface area (Å²) in [5, 5.41) is 0. The first-order chi connectivity index (χ1) is 13.9. The molecular formula is C25H38O4. The normalized spacial score (nSPS) is 10.4. The van der Waals surface area contributed by atoms with E-state index in [1.165, 1.54) is 30.9 Å². The van der Waals surface area contributed by atoms with Gasteiger partial charge in [0, 0.05) is 6.92 Å². The van der Waals surface area contributed by atoms with E-state index in [2.05, 4.69) is 33.8 Å². The van der Waals surface area contributed by atoms with Crippen molar-refractivity contribution in [2.45, 2.75) is 73.1 Å². The molecule has 0 saturated heterocycles. The average Bonchev–Trinajstić information content (AvgIpc) is 2.68. The third-order valence-electron chi connectivity index (χ3n) is 4.05. The van der Waals surface area contributed by atoms with Gasteiger partial charge in [0.15, 0.2) is 0 Å². The van der Waals surface area contributed by atoms with Crippen molar-refractivity contribution in [1.82, 2.24) is 0 Å². The highest BCUT2D eigenvalue weighted by atomic mass is 16.5. The van der Waals surface area contributed by atoms with Gasteiger partial charge < -0.3 is 9.47 Å². The second-order valence-corrected chi connectivity index (χ2v) is 7.24. The Morgan fingerprint density at radius 3 is 2.17 bits per heavy atom. The summed E-state index contributed by atoms with van der Waals surface area (Å²) in [6.45, 7) is 10.8. The predicted molar refractivity (Wildman–Crippen MR) is 120 cm³/mol. The van der Waals surface area contributed by atoms with Gasteiger partial charge in [0.05, 0.1) is 12.2 Å². The molecular weight excluding hydrogens is 364 g/mol. The summed E-state index contributed by atoms with van der Waals surface area (Å²) in [6.07, 6.45) is 10.8. The zero-order chi connectivity index (χ0) is 21.9. The SMILES string of the molecule is CC(=O)OC/C=C(\C)CCC=C(C)C.CCCCCCOC(=O)c1ccccc1. The Hall–Kier alpha value is -2.36. The lowest BCUT2D eigenvalue weighted by Gasteiger charge is -2.03. The van der Waals surface area contributed by atoms with Crippen LogP contribution in [0.25, 0.3) is 0 Å². The molecule has 0 atom stereocenters. The molecule has 0 aromatic heterocycles. The molecule has 0 aliphatic carbocycles. The zero-order valence-electron chi connectivity index (χ0n) is 18.8. The fourth-order valence-electron chi connectivity index (χ4n) is 2.34. The first-order valence-electron chi connectivity index (χ1n) is 10.5. The number of carbonyl (C=O) groups is 2. The lowest BCUT2D eigenvalue weighted by Crippen LogP contribution is -2.06. The van der Waals surface area contributed by atoms with Crippen molar-refractivity contribution in [2.24, 2.45) is 0 Å². The van der Waals surface area contributed by atoms with Gasteiger partial charge in [0.2, 0.25) is 0 Å². The first kappa shape index (κ1) is 26.6. The monoisotopic (exact) mass is 402 g/mol. The number of benzene rings is 1. The molecule has 0 aliphatic heterocycles. The molecule has 0 amide bonds. The second kappa shape index (κ2) is 17.7. The number of rotatable bonds is 11. The van der Waals surface area contributed by atoms with Crippen LogP contribution >= 0.6 is 0 Å². The third kappa shape index (κ3) is 17.5. The fraction of sp³-hybridized carbons (Fsp3) is 0.520. The summed E-state index contributed by atoms with van der Waals surface area (Å²) < 4.78 is 9.94. The Bertz CT molecular complexity index is 625. The molecule has 0 saturated carbocycles. The Kier molecular flexibility index (Phi) is 16.3. The lowest BCUT2D eigenvalue weighted by atomic mass is 10.1. The fourth-order valence-corrected chi connectivity index (χ4v) is 2.34. The maximum Gasteiger partial charge on any atom is 0.338 e. The molecule has 1 aromatic carbocycles. The third-order valence-corrected chi connectivity index (χ3v) is 4.05. The highest BCUT2D eigenvalue weighted by Crippen LogP contribution is 2.06. The first-order valence-corrected chi connectivity index (χ1v) is 10.5. The Balaban J connectivity index is 0.000000543. The molecule has 0 unspecified atom stereocenters. The van der Waals surface area contributed by atoms with Crippen molar-refractivity contribution in [1.29, 1.82) is 0 Å². The van der Waals surface area contributed by atoms with Gasteiger partial charge in [0.25, 0.3) is 0 Å². The van der Waals surface area contributed by atoms with Crippen LogP contribution in [0.3, 0.4) is 0 Å². The van der Waals surface area contributed by atoms with Crippen molar-refractivity contribution >= 4 is 11.9 Å². The van der Waals surface area contributed by atoms with E-state index in [-0.39, 0.29) is 11.9 Å². The molecule has 0 aliphatic rings. The second-order valence-electron chi connectivity index (χ2n) is 7.24. The Morgan fingerprint density at radius 1 is 0.897 bits per heavy atom. The van der Waals surface area contributed by atoms with E-state index < -0.39 is 0 Å². The van der Waals surface area contributed by atoms with E-state index in [1.807, 2.05) is 24.3 Å². The van der Waals surface area contributed by atoms with Crippen LogP contribution < -0.4 is 0 Å². The minimum absolute atomic E-state index is 0.216. The molecule has 1 aromatic rings. The lowest BCUT2D eigenvalue weighted by molar-refractivity contribution is -0.139. The summed E-state index contributed by atoms with van der Waals surface area (Å²) in [4.78, 5) is 21.9. The number of unbranched alkanes of at least 4 members (excludes halogenated alkanes) is 3. The maximum atomic E-state index is 11.5. The van der Waals surface area contributed by atoms with E-state index in [1.54, 1.807) is 12.1 Å².